The zero-order chi connectivity index (χ0) is 11.8. The summed E-state index contributed by atoms with van der Waals surface area (Å²) in [6.45, 7) is 7.58. The van der Waals surface area contributed by atoms with Gasteiger partial charge in [-0.25, -0.2) is 0 Å². The van der Waals surface area contributed by atoms with Gasteiger partial charge in [-0.05, 0) is 6.42 Å². The summed E-state index contributed by atoms with van der Waals surface area (Å²) in [5.74, 6) is 0.323. The maximum Gasteiger partial charge on any atom is 0.239 e. The number of nitrogens with one attached hydrogen (secondary N) is 1. The van der Waals surface area contributed by atoms with Gasteiger partial charge in [-0.2, -0.15) is 0 Å². The molecule has 0 bridgehead atoms. The minimum Gasteiger partial charge on any atom is -0.344 e. The SMILES string of the molecule is CN1CCC(N2CCN(C3CNC3)CC2)C1=O. The predicted octanol–water partition coefficient (Wildman–Crippen LogP) is -1.19. The molecule has 0 aromatic carbocycles. The number of carbonyl (C=O) groups excluding carboxylic acids is 1. The van der Waals surface area contributed by atoms with Crippen molar-refractivity contribution in [1.82, 2.24) is 20.0 Å². The van der Waals surface area contributed by atoms with Crippen LogP contribution in [0.15, 0.2) is 0 Å². The Morgan fingerprint density at radius 1 is 1.06 bits per heavy atom. The van der Waals surface area contributed by atoms with Gasteiger partial charge in [-0.1, -0.05) is 0 Å². The number of nitrogens with zero attached hydrogens (tertiary/aromatic N) is 3. The molecule has 3 aliphatic rings. The smallest absolute Gasteiger partial charge is 0.239 e. The lowest BCUT2D eigenvalue weighted by Crippen LogP contribution is -2.62. The van der Waals surface area contributed by atoms with Gasteiger partial charge in [0.25, 0.3) is 0 Å². The molecule has 0 radical (unpaired) electrons. The average molecular weight is 238 g/mol. The number of rotatable bonds is 2. The first kappa shape index (κ1) is 11.4. The van der Waals surface area contributed by atoms with Crippen molar-refractivity contribution in [3.8, 4) is 0 Å². The van der Waals surface area contributed by atoms with Crippen molar-refractivity contribution >= 4 is 5.91 Å². The van der Waals surface area contributed by atoms with E-state index >= 15 is 0 Å². The van der Waals surface area contributed by atoms with Gasteiger partial charge in [0.2, 0.25) is 5.91 Å². The van der Waals surface area contributed by atoms with Crippen LogP contribution >= 0.6 is 0 Å². The number of piperazine rings is 1. The van der Waals surface area contributed by atoms with Gasteiger partial charge >= 0.3 is 0 Å². The first-order valence-electron chi connectivity index (χ1n) is 6.69. The molecule has 0 aromatic heterocycles. The van der Waals surface area contributed by atoms with Crippen molar-refractivity contribution in [2.24, 2.45) is 0 Å². The molecule has 17 heavy (non-hydrogen) atoms. The fraction of sp³-hybridized carbons (Fsp3) is 0.917. The molecule has 0 aromatic rings. The Kier molecular flexibility index (Phi) is 3.06. The Bertz CT molecular complexity index is 297. The Labute approximate surface area is 103 Å². The third kappa shape index (κ3) is 2.07. The summed E-state index contributed by atoms with van der Waals surface area (Å²) in [5, 5.41) is 3.32. The molecule has 1 N–H and O–H groups in total. The van der Waals surface area contributed by atoms with Gasteiger partial charge in [-0.15, -0.1) is 0 Å². The van der Waals surface area contributed by atoms with Crippen molar-refractivity contribution in [1.29, 1.82) is 0 Å². The van der Waals surface area contributed by atoms with Gasteiger partial charge < -0.3 is 10.2 Å². The maximum atomic E-state index is 11.9. The minimum atomic E-state index is 0.168. The summed E-state index contributed by atoms with van der Waals surface area (Å²) >= 11 is 0. The van der Waals surface area contributed by atoms with Crippen LogP contribution in [0.1, 0.15) is 6.42 Å². The highest BCUT2D eigenvalue weighted by atomic mass is 16.2. The number of hydrogen-bond acceptors (Lipinski definition) is 4. The first-order valence-corrected chi connectivity index (χ1v) is 6.69. The molecule has 1 atom stereocenters. The molecule has 0 saturated carbocycles. The zero-order valence-electron chi connectivity index (χ0n) is 10.6. The highest BCUT2D eigenvalue weighted by Gasteiger charge is 2.36. The topological polar surface area (TPSA) is 38.8 Å². The van der Waals surface area contributed by atoms with Crippen LogP contribution in [-0.2, 0) is 4.79 Å². The Balaban J connectivity index is 1.52. The van der Waals surface area contributed by atoms with E-state index in [1.807, 2.05) is 11.9 Å². The Morgan fingerprint density at radius 2 is 1.71 bits per heavy atom. The van der Waals surface area contributed by atoms with Crippen LogP contribution in [0.25, 0.3) is 0 Å². The lowest BCUT2D eigenvalue weighted by Gasteiger charge is -2.44. The van der Waals surface area contributed by atoms with Gasteiger partial charge in [0, 0.05) is 58.9 Å². The second kappa shape index (κ2) is 4.55. The van der Waals surface area contributed by atoms with Crippen LogP contribution in [0.5, 0.6) is 0 Å². The standard InChI is InChI=1S/C12H22N4O/c1-14-3-2-11(12(14)17)16-6-4-15(5-7-16)10-8-13-9-10/h10-11,13H,2-9H2,1H3. The van der Waals surface area contributed by atoms with Gasteiger partial charge in [0.15, 0.2) is 0 Å². The van der Waals surface area contributed by atoms with E-state index in [-0.39, 0.29) is 6.04 Å². The molecule has 0 aliphatic carbocycles. The van der Waals surface area contributed by atoms with Crippen LogP contribution in [0.4, 0.5) is 0 Å². The molecule has 3 aliphatic heterocycles. The third-order valence-corrected chi connectivity index (χ3v) is 4.47. The van der Waals surface area contributed by atoms with Crippen LogP contribution in [0.3, 0.4) is 0 Å². The largest absolute Gasteiger partial charge is 0.344 e. The Morgan fingerprint density at radius 3 is 2.18 bits per heavy atom. The van der Waals surface area contributed by atoms with Crippen molar-refractivity contribution in [2.75, 3.05) is 52.9 Å². The van der Waals surface area contributed by atoms with Crippen LogP contribution < -0.4 is 5.32 Å². The fourth-order valence-electron chi connectivity index (χ4n) is 3.09. The third-order valence-electron chi connectivity index (χ3n) is 4.47. The summed E-state index contributed by atoms with van der Waals surface area (Å²) in [6.07, 6.45) is 1.01. The van der Waals surface area contributed by atoms with Crippen LogP contribution in [-0.4, -0.2) is 85.6 Å². The Hall–Kier alpha value is -0.650. The van der Waals surface area contributed by atoms with Gasteiger partial charge in [0.1, 0.15) is 0 Å². The first-order chi connectivity index (χ1) is 8.25. The molecule has 3 heterocycles. The molecule has 3 fully saturated rings. The van der Waals surface area contributed by atoms with E-state index < -0.39 is 0 Å². The van der Waals surface area contributed by atoms with E-state index in [0.717, 1.165) is 58.3 Å². The summed E-state index contributed by atoms with van der Waals surface area (Å²) in [5.41, 5.74) is 0. The molecule has 3 rings (SSSR count). The van der Waals surface area contributed by atoms with E-state index in [1.54, 1.807) is 0 Å². The van der Waals surface area contributed by atoms with Crippen molar-refractivity contribution in [3.63, 3.8) is 0 Å². The minimum absolute atomic E-state index is 0.168. The second-order valence-electron chi connectivity index (χ2n) is 5.45. The van der Waals surface area contributed by atoms with E-state index in [0.29, 0.717) is 5.91 Å². The molecule has 1 unspecified atom stereocenters. The summed E-state index contributed by atoms with van der Waals surface area (Å²) in [6, 6.07) is 0.917. The monoisotopic (exact) mass is 238 g/mol. The highest BCUT2D eigenvalue weighted by molar-refractivity contribution is 5.83. The number of likely N-dealkylation sites (N-methyl/N-ethyl adjacent to an activating group) is 1. The molecular weight excluding hydrogens is 216 g/mol. The van der Waals surface area contributed by atoms with Crippen molar-refractivity contribution in [3.05, 3.63) is 0 Å². The van der Waals surface area contributed by atoms with Crippen molar-refractivity contribution < 1.29 is 4.79 Å². The summed E-state index contributed by atoms with van der Waals surface area (Å²) in [4.78, 5) is 18.8. The molecule has 5 nitrogen and oxygen atoms in total. The molecule has 0 spiro atoms. The van der Waals surface area contributed by atoms with E-state index in [4.69, 9.17) is 0 Å². The molecule has 1 amide bonds. The number of hydrogen-bond donors (Lipinski definition) is 1. The van der Waals surface area contributed by atoms with Gasteiger partial charge in [-0.3, -0.25) is 14.6 Å². The van der Waals surface area contributed by atoms with Crippen LogP contribution in [0, 0.1) is 0 Å². The molecule has 5 heteroatoms. The fourth-order valence-corrected chi connectivity index (χ4v) is 3.09. The zero-order valence-corrected chi connectivity index (χ0v) is 10.6. The number of likely N-dealkylation sites (tertiary alicyclic amines) is 1. The number of carbonyl (C=O) groups is 1. The number of amides is 1. The van der Waals surface area contributed by atoms with Gasteiger partial charge in [0.05, 0.1) is 6.04 Å². The molecule has 3 saturated heterocycles. The molecule has 96 valence electrons. The van der Waals surface area contributed by atoms with E-state index in [1.165, 1.54) is 0 Å². The second-order valence-corrected chi connectivity index (χ2v) is 5.45. The quantitative estimate of drug-likeness (QED) is 0.656. The summed E-state index contributed by atoms with van der Waals surface area (Å²) in [7, 11) is 1.92. The lowest BCUT2D eigenvalue weighted by atomic mass is 10.1. The average Bonchev–Trinajstić information content (AvgIpc) is 2.59. The van der Waals surface area contributed by atoms with E-state index in [9.17, 15) is 4.79 Å². The van der Waals surface area contributed by atoms with Crippen LogP contribution in [0.2, 0.25) is 0 Å². The summed E-state index contributed by atoms with van der Waals surface area (Å²) < 4.78 is 0. The predicted molar refractivity (Wildman–Crippen MR) is 65.8 cm³/mol. The lowest BCUT2D eigenvalue weighted by molar-refractivity contribution is -0.131. The highest BCUT2D eigenvalue weighted by Crippen LogP contribution is 2.18. The van der Waals surface area contributed by atoms with Crippen molar-refractivity contribution in [2.45, 2.75) is 18.5 Å². The molecular formula is C12H22N4O. The maximum absolute atomic E-state index is 11.9. The van der Waals surface area contributed by atoms with E-state index in [2.05, 4.69) is 15.1 Å². The normalized spacial score (nSPS) is 33.1.